The lowest BCUT2D eigenvalue weighted by Crippen LogP contribution is -2.40. The molecular weight excluding hydrogens is 978 g/mol. The lowest BCUT2D eigenvalue weighted by atomic mass is 9.97. The summed E-state index contributed by atoms with van der Waals surface area (Å²) < 4.78 is 92.8. The summed E-state index contributed by atoms with van der Waals surface area (Å²) in [6, 6.07) is 19.8. The largest absolute Gasteiger partial charge is 0.493 e. The highest BCUT2D eigenvalue weighted by molar-refractivity contribution is 7.92. The van der Waals surface area contributed by atoms with Crippen LogP contribution in [0.2, 0.25) is 5.02 Å². The molecule has 0 bridgehead atoms. The first-order valence-corrected chi connectivity index (χ1v) is 25.9. The van der Waals surface area contributed by atoms with Crippen molar-refractivity contribution in [2.75, 3.05) is 41.9 Å². The smallest absolute Gasteiger partial charge is 0.281 e. The van der Waals surface area contributed by atoms with Gasteiger partial charge in [0.15, 0.2) is 15.8 Å². The van der Waals surface area contributed by atoms with Gasteiger partial charge in [-0.05, 0) is 98.7 Å². The Hall–Kier alpha value is -6.77. The van der Waals surface area contributed by atoms with Crippen LogP contribution in [0.1, 0.15) is 82.7 Å². The zero-order valence-corrected chi connectivity index (χ0v) is 42.5. The maximum Gasteiger partial charge on any atom is 0.281 e. The van der Waals surface area contributed by atoms with Gasteiger partial charge in [0.25, 0.3) is 15.9 Å². The van der Waals surface area contributed by atoms with Gasteiger partial charge in [0, 0.05) is 54.9 Å². The fraction of sp³-hybridized carbons (Fsp3) is 0.320. The molecule has 1 fully saturated rings. The van der Waals surface area contributed by atoms with Gasteiger partial charge in [-0.2, -0.15) is 8.42 Å². The molecule has 21 heteroatoms. The number of sulfonamides is 1. The molecule has 71 heavy (non-hydrogen) atoms. The van der Waals surface area contributed by atoms with E-state index in [1.807, 2.05) is 27.7 Å². The second-order valence-electron chi connectivity index (χ2n) is 18.5. The first kappa shape index (κ1) is 53.6. The van der Waals surface area contributed by atoms with Gasteiger partial charge < -0.3 is 25.8 Å². The van der Waals surface area contributed by atoms with Crippen molar-refractivity contribution in [2.45, 2.75) is 70.5 Å². The van der Waals surface area contributed by atoms with Crippen molar-refractivity contribution in [3.8, 4) is 34.0 Å². The molecule has 1 saturated heterocycles. The van der Waals surface area contributed by atoms with E-state index in [0.29, 0.717) is 65.4 Å². The number of nitrogens with one attached hydrogen (secondary N) is 1. The quantitative estimate of drug-likeness (QED) is 0.0764. The standard InChI is InChI=1S/C28H34FN5O4S.C22H21ClFN3O4S.5H2/c1-17(2)16-38-21-10-19(9-20(29)11-21)23-12-24(34-15-18(3)13-28(34,4)5)22(14-31-23)27(35)33-39(36,37)26-8-6-7-25(30)32-26;1-13(2)11-31-16-7-14(6-15(24)8-16)19-9-18(23)17(10-26-19)20(28)12-32(29,30)22-5-3-4-21(25)27-22;;;;;/h6-12,14,17-18H,13,15-16H2,1-5H3,(H2,30,32)(H,33,35);3-10,13H,11-12H2,1-2H3,(H2,25,27);5*1H/t18-;;;;;;/m0....../s1. The highest BCUT2D eigenvalue weighted by atomic mass is 35.5. The molecule has 0 unspecified atom stereocenters. The monoisotopic (exact) mass is 1040 g/mol. The van der Waals surface area contributed by atoms with Crippen LogP contribution >= 0.6 is 11.6 Å². The van der Waals surface area contributed by atoms with Gasteiger partial charge in [0.2, 0.25) is 9.84 Å². The van der Waals surface area contributed by atoms with Crippen molar-refractivity contribution in [3.63, 3.8) is 0 Å². The number of halogens is 3. The Balaban J connectivity index is 0.000000725. The van der Waals surface area contributed by atoms with Crippen LogP contribution in [-0.2, 0) is 19.9 Å². The molecule has 1 atom stereocenters. The molecule has 5 heterocycles. The Kier molecular flexibility index (Phi) is 16.7. The SMILES string of the molecule is CC(C)COc1cc(F)cc(-c2cc(Cl)c(C(=O)CS(=O)(=O)c3cccc(N)n3)cn2)c1.CC(C)COc1cc(F)cc(-c2cc(N3C[C@@H](C)CC3(C)C)c(C(=O)NS(=O)(=O)c3cccc(N)n3)cn2)c1.[HH].[HH].[HH].[HH].[HH]. The van der Waals surface area contributed by atoms with E-state index in [9.17, 15) is 35.2 Å². The van der Waals surface area contributed by atoms with Gasteiger partial charge in [0.05, 0.1) is 46.4 Å². The third-order valence-electron chi connectivity index (χ3n) is 10.8. The normalized spacial score (nSPS) is 14.5. The van der Waals surface area contributed by atoms with Gasteiger partial charge in [-0.3, -0.25) is 19.6 Å². The molecule has 1 aliphatic rings. The van der Waals surface area contributed by atoms with Crippen molar-refractivity contribution >= 4 is 60.5 Å². The fourth-order valence-electron chi connectivity index (χ4n) is 7.66. The second-order valence-corrected chi connectivity index (χ2v) is 22.5. The highest BCUT2D eigenvalue weighted by Gasteiger charge is 2.39. The van der Waals surface area contributed by atoms with Crippen LogP contribution in [-0.4, -0.2) is 79.5 Å². The van der Waals surface area contributed by atoms with E-state index in [1.165, 1.54) is 79.1 Å². The van der Waals surface area contributed by atoms with Crippen molar-refractivity contribution < 1.29 is 51.8 Å². The Labute approximate surface area is 424 Å². The number of carbonyl (C=O) groups is 2. The number of aromatic nitrogens is 4. The van der Waals surface area contributed by atoms with E-state index in [1.54, 1.807) is 18.2 Å². The summed E-state index contributed by atoms with van der Waals surface area (Å²) in [6.45, 7) is 15.7. The molecule has 1 aliphatic heterocycles. The predicted octanol–water partition coefficient (Wildman–Crippen LogP) is 10.1. The number of hydrogen-bond donors (Lipinski definition) is 3. The van der Waals surface area contributed by atoms with Gasteiger partial charge in [-0.15, -0.1) is 0 Å². The Morgan fingerprint density at radius 3 is 1.79 bits per heavy atom. The molecule has 5 N–H and O–H groups in total. The summed E-state index contributed by atoms with van der Waals surface area (Å²) in [6.07, 6.45) is 3.35. The zero-order chi connectivity index (χ0) is 52.0. The molecule has 16 nitrogen and oxygen atoms in total. The number of carbonyl (C=O) groups excluding carboxylic acids is 2. The molecular formula is C50H65ClF2N8O8S2. The van der Waals surface area contributed by atoms with Crippen molar-refractivity contribution in [2.24, 2.45) is 17.8 Å². The average molecular weight is 1040 g/mol. The Bertz CT molecular complexity index is 3210. The molecule has 0 radical (unpaired) electrons. The van der Waals surface area contributed by atoms with Gasteiger partial charge in [0.1, 0.15) is 40.5 Å². The van der Waals surface area contributed by atoms with Crippen molar-refractivity contribution in [3.05, 3.63) is 125 Å². The summed E-state index contributed by atoms with van der Waals surface area (Å²) in [4.78, 5) is 44.2. The topological polar surface area (TPSA) is 240 Å². The minimum Gasteiger partial charge on any atom is -0.493 e. The zero-order valence-electron chi connectivity index (χ0n) is 40.1. The fourth-order valence-corrected chi connectivity index (χ4v) is 10.0. The summed E-state index contributed by atoms with van der Waals surface area (Å²) >= 11 is 6.24. The van der Waals surface area contributed by atoms with E-state index in [2.05, 4.69) is 50.3 Å². The highest BCUT2D eigenvalue weighted by Crippen LogP contribution is 2.40. The summed E-state index contributed by atoms with van der Waals surface area (Å²) in [7, 11) is -8.33. The first-order chi connectivity index (χ1) is 33.3. The number of Topliss-reactive ketones (excluding diaryl/α,β-unsaturated/α-hetero) is 1. The number of amides is 1. The minimum atomic E-state index is -4.30. The van der Waals surface area contributed by atoms with Crippen LogP contribution in [0.3, 0.4) is 0 Å². The summed E-state index contributed by atoms with van der Waals surface area (Å²) in [5.41, 5.74) is 12.9. The van der Waals surface area contributed by atoms with Crippen LogP contribution < -0.4 is 30.6 Å². The molecule has 1 amide bonds. The van der Waals surface area contributed by atoms with E-state index in [0.717, 1.165) is 6.42 Å². The number of rotatable bonds is 16. The molecule has 6 aromatic rings. The molecule has 7 rings (SSSR count). The summed E-state index contributed by atoms with van der Waals surface area (Å²) in [5.74, 6) is -1.85. The first-order valence-electron chi connectivity index (χ1n) is 22.4. The molecule has 0 saturated carbocycles. The van der Waals surface area contributed by atoms with E-state index < -0.39 is 48.9 Å². The third-order valence-corrected chi connectivity index (χ3v) is 13.8. The maximum atomic E-state index is 14.5. The molecule has 2 aromatic carbocycles. The molecule has 4 aromatic heterocycles. The van der Waals surface area contributed by atoms with Gasteiger partial charge in [-0.1, -0.05) is 58.4 Å². The van der Waals surface area contributed by atoms with Gasteiger partial charge >= 0.3 is 0 Å². The van der Waals surface area contributed by atoms with Crippen LogP contribution in [0.15, 0.2) is 107 Å². The van der Waals surface area contributed by atoms with Crippen molar-refractivity contribution in [1.82, 2.24) is 24.7 Å². The van der Waals surface area contributed by atoms with Crippen LogP contribution in [0.5, 0.6) is 11.5 Å². The van der Waals surface area contributed by atoms with Gasteiger partial charge in [-0.25, -0.2) is 31.9 Å². The average Bonchev–Trinajstić information content (AvgIpc) is 3.57. The predicted molar refractivity (Wildman–Crippen MR) is 279 cm³/mol. The number of ketones is 1. The summed E-state index contributed by atoms with van der Waals surface area (Å²) in [5, 5.41) is -0.685. The van der Waals surface area contributed by atoms with Crippen molar-refractivity contribution in [1.29, 1.82) is 0 Å². The number of nitrogen functional groups attached to an aromatic ring is 2. The number of nitrogens with two attached hydrogens (primary N) is 2. The number of benzene rings is 2. The van der Waals surface area contributed by atoms with E-state index >= 15 is 0 Å². The van der Waals surface area contributed by atoms with E-state index in [-0.39, 0.29) is 62.3 Å². The number of pyridine rings is 4. The number of ether oxygens (including phenoxy) is 2. The van der Waals surface area contributed by atoms with Crippen LogP contribution in [0.4, 0.5) is 26.1 Å². The maximum absolute atomic E-state index is 14.5. The van der Waals surface area contributed by atoms with Crippen LogP contribution in [0.25, 0.3) is 22.5 Å². The second kappa shape index (κ2) is 22.1. The molecule has 386 valence electrons. The molecule has 0 spiro atoms. The Morgan fingerprint density at radius 1 is 0.789 bits per heavy atom. The lowest BCUT2D eigenvalue weighted by Gasteiger charge is -2.35. The lowest BCUT2D eigenvalue weighted by molar-refractivity contribution is 0.0979. The number of sulfone groups is 1. The van der Waals surface area contributed by atoms with Crippen LogP contribution in [0, 0.1) is 29.4 Å². The number of nitrogens with zero attached hydrogens (tertiary/aromatic N) is 5. The number of anilines is 3. The van der Waals surface area contributed by atoms with E-state index in [4.69, 9.17) is 32.5 Å². The third kappa shape index (κ3) is 14.0. The number of hydrogen-bond acceptors (Lipinski definition) is 15. The molecule has 0 aliphatic carbocycles. The minimum absolute atomic E-state index is 0. The Morgan fingerprint density at radius 2 is 1.30 bits per heavy atom.